The highest BCUT2D eigenvalue weighted by Gasteiger charge is 2.22. The van der Waals surface area contributed by atoms with Crippen LogP contribution >= 0.6 is 11.3 Å². The van der Waals surface area contributed by atoms with Crippen LogP contribution in [-0.2, 0) is 4.79 Å². The first kappa shape index (κ1) is 17.9. The number of carbonyl (C=O) groups excluding carboxylic acids is 2. The second kappa shape index (κ2) is 7.97. The van der Waals surface area contributed by atoms with E-state index in [4.69, 9.17) is 5.26 Å². The first-order valence-corrected chi connectivity index (χ1v) is 9.12. The molecular formula is C18H19N5O2S. The molecule has 0 spiro atoms. The number of nitriles is 1. The Morgan fingerprint density at radius 1 is 1.27 bits per heavy atom. The number of hydrogen-bond donors (Lipinski definition) is 1. The van der Waals surface area contributed by atoms with Crippen molar-refractivity contribution in [1.82, 2.24) is 15.2 Å². The second-order valence-electron chi connectivity index (χ2n) is 5.98. The Morgan fingerprint density at radius 3 is 2.69 bits per heavy atom. The third-order valence-electron chi connectivity index (χ3n) is 4.20. The Balaban J connectivity index is 1.49. The highest BCUT2D eigenvalue weighted by molar-refractivity contribution is 7.13. The maximum Gasteiger partial charge on any atom is 0.261 e. The Labute approximate surface area is 155 Å². The summed E-state index contributed by atoms with van der Waals surface area (Å²) >= 11 is 1.41. The summed E-state index contributed by atoms with van der Waals surface area (Å²) < 4.78 is 0. The summed E-state index contributed by atoms with van der Waals surface area (Å²) in [6.07, 6.45) is 1.62. The smallest absolute Gasteiger partial charge is 0.261 e. The molecule has 0 radical (unpaired) electrons. The van der Waals surface area contributed by atoms with Crippen LogP contribution in [0, 0.1) is 18.3 Å². The number of anilines is 1. The molecule has 3 rings (SSSR count). The number of piperazine rings is 1. The predicted molar refractivity (Wildman–Crippen MR) is 99.1 cm³/mol. The lowest BCUT2D eigenvalue weighted by Gasteiger charge is -2.35. The quantitative estimate of drug-likeness (QED) is 0.880. The molecule has 2 aromatic heterocycles. The molecule has 0 unspecified atom stereocenters. The van der Waals surface area contributed by atoms with Gasteiger partial charge >= 0.3 is 0 Å². The molecule has 1 N–H and O–H groups in total. The second-order valence-corrected chi connectivity index (χ2v) is 7.26. The molecule has 1 aliphatic heterocycles. The number of aryl methyl sites for hydroxylation is 1. The van der Waals surface area contributed by atoms with Crippen LogP contribution in [0.4, 0.5) is 5.82 Å². The number of nitrogens with one attached hydrogen (secondary N) is 1. The molecule has 134 valence electrons. The predicted octanol–water partition coefficient (Wildman–Crippen LogP) is 1.40. The van der Waals surface area contributed by atoms with Gasteiger partial charge in [0.1, 0.15) is 5.82 Å². The Hall–Kier alpha value is -2.92. The normalized spacial score (nSPS) is 14.0. The van der Waals surface area contributed by atoms with Crippen molar-refractivity contribution in [3.8, 4) is 6.07 Å². The van der Waals surface area contributed by atoms with Crippen molar-refractivity contribution in [2.45, 2.75) is 6.92 Å². The summed E-state index contributed by atoms with van der Waals surface area (Å²) in [5.41, 5.74) is 0.569. The van der Waals surface area contributed by atoms with Crippen molar-refractivity contribution in [2.24, 2.45) is 0 Å². The number of amides is 2. The number of pyridine rings is 1. The van der Waals surface area contributed by atoms with Crippen LogP contribution < -0.4 is 10.2 Å². The van der Waals surface area contributed by atoms with E-state index in [-0.39, 0.29) is 18.4 Å². The van der Waals surface area contributed by atoms with Gasteiger partial charge in [0.2, 0.25) is 5.91 Å². The molecule has 2 aromatic rings. The van der Waals surface area contributed by atoms with Crippen molar-refractivity contribution < 1.29 is 9.59 Å². The zero-order chi connectivity index (χ0) is 18.5. The SMILES string of the molecule is Cc1ccc(C(=O)NCC(=O)N2CCN(c3cc(C#N)ccn3)CC2)s1. The molecule has 1 aliphatic rings. The number of carbonyl (C=O) groups is 2. The van der Waals surface area contributed by atoms with Crippen LogP contribution in [0.25, 0.3) is 0 Å². The molecule has 0 aliphatic carbocycles. The van der Waals surface area contributed by atoms with Gasteiger partial charge in [0.25, 0.3) is 5.91 Å². The first-order chi connectivity index (χ1) is 12.6. The molecular weight excluding hydrogens is 350 g/mol. The lowest BCUT2D eigenvalue weighted by molar-refractivity contribution is -0.130. The van der Waals surface area contributed by atoms with E-state index in [1.165, 1.54) is 11.3 Å². The Kier molecular flexibility index (Phi) is 5.49. The van der Waals surface area contributed by atoms with Gasteiger partial charge in [-0.2, -0.15) is 5.26 Å². The van der Waals surface area contributed by atoms with Gasteiger partial charge in [-0.1, -0.05) is 0 Å². The van der Waals surface area contributed by atoms with E-state index in [2.05, 4.69) is 21.3 Å². The molecule has 0 atom stereocenters. The average Bonchev–Trinajstić information content (AvgIpc) is 3.12. The Bertz CT molecular complexity index is 849. The fraction of sp³-hybridized carbons (Fsp3) is 0.333. The van der Waals surface area contributed by atoms with Gasteiger partial charge in [-0.25, -0.2) is 4.98 Å². The number of hydrogen-bond acceptors (Lipinski definition) is 6. The van der Waals surface area contributed by atoms with Gasteiger partial charge < -0.3 is 15.1 Å². The number of aromatic nitrogens is 1. The van der Waals surface area contributed by atoms with Gasteiger partial charge in [0, 0.05) is 37.3 Å². The highest BCUT2D eigenvalue weighted by atomic mass is 32.1. The first-order valence-electron chi connectivity index (χ1n) is 8.30. The standard InChI is InChI=1S/C18H19N5O2S/c1-13-2-3-15(26-13)18(25)21-12-17(24)23-8-6-22(7-9-23)16-10-14(11-19)4-5-20-16/h2-5,10H,6-9,12H2,1H3,(H,21,25). The minimum Gasteiger partial charge on any atom is -0.353 e. The lowest BCUT2D eigenvalue weighted by atomic mass is 10.2. The fourth-order valence-corrected chi connectivity index (χ4v) is 3.54. The van der Waals surface area contributed by atoms with E-state index in [9.17, 15) is 9.59 Å². The Morgan fingerprint density at radius 2 is 2.04 bits per heavy atom. The summed E-state index contributed by atoms with van der Waals surface area (Å²) in [7, 11) is 0. The van der Waals surface area contributed by atoms with Crippen molar-refractivity contribution >= 4 is 29.0 Å². The highest BCUT2D eigenvalue weighted by Crippen LogP contribution is 2.16. The fourth-order valence-electron chi connectivity index (χ4n) is 2.76. The maximum absolute atomic E-state index is 12.3. The van der Waals surface area contributed by atoms with E-state index >= 15 is 0 Å². The van der Waals surface area contributed by atoms with Crippen LogP contribution in [0.3, 0.4) is 0 Å². The zero-order valence-corrected chi connectivity index (χ0v) is 15.3. The number of rotatable bonds is 4. The molecule has 0 bridgehead atoms. The van der Waals surface area contributed by atoms with E-state index in [1.807, 2.05) is 13.0 Å². The molecule has 1 saturated heterocycles. The van der Waals surface area contributed by atoms with Crippen LogP contribution in [0.1, 0.15) is 20.1 Å². The van der Waals surface area contributed by atoms with Crippen LogP contribution in [0.15, 0.2) is 30.5 Å². The van der Waals surface area contributed by atoms with Crippen LogP contribution in [-0.4, -0.2) is 54.4 Å². The molecule has 2 amide bonds. The van der Waals surface area contributed by atoms with Gasteiger partial charge in [-0.3, -0.25) is 9.59 Å². The summed E-state index contributed by atoms with van der Waals surface area (Å²) in [6.45, 7) is 4.35. The van der Waals surface area contributed by atoms with Crippen molar-refractivity contribution in [1.29, 1.82) is 5.26 Å². The topological polar surface area (TPSA) is 89.3 Å². The molecule has 7 nitrogen and oxygen atoms in total. The molecule has 26 heavy (non-hydrogen) atoms. The monoisotopic (exact) mass is 369 g/mol. The third-order valence-corrected chi connectivity index (χ3v) is 5.19. The summed E-state index contributed by atoms with van der Waals surface area (Å²) in [5, 5.41) is 11.7. The molecule has 0 aromatic carbocycles. The summed E-state index contributed by atoms with van der Waals surface area (Å²) in [4.78, 5) is 34.1. The molecule has 1 fully saturated rings. The van der Waals surface area contributed by atoms with E-state index in [0.29, 0.717) is 36.6 Å². The van der Waals surface area contributed by atoms with Gasteiger partial charge in [0.15, 0.2) is 0 Å². The maximum atomic E-state index is 12.3. The number of nitrogens with zero attached hydrogens (tertiary/aromatic N) is 4. The zero-order valence-electron chi connectivity index (χ0n) is 14.4. The van der Waals surface area contributed by atoms with Gasteiger partial charge in [0.05, 0.1) is 23.1 Å². The van der Waals surface area contributed by atoms with E-state index in [0.717, 1.165) is 10.7 Å². The van der Waals surface area contributed by atoms with Crippen molar-refractivity contribution in [3.05, 3.63) is 45.8 Å². The summed E-state index contributed by atoms with van der Waals surface area (Å²) in [6, 6.07) is 9.17. The third kappa shape index (κ3) is 4.18. The molecule has 8 heteroatoms. The van der Waals surface area contributed by atoms with E-state index < -0.39 is 0 Å². The van der Waals surface area contributed by atoms with E-state index in [1.54, 1.807) is 29.3 Å². The minimum absolute atomic E-state index is 0.00204. The van der Waals surface area contributed by atoms with Crippen molar-refractivity contribution in [2.75, 3.05) is 37.6 Å². The van der Waals surface area contributed by atoms with Gasteiger partial charge in [-0.05, 0) is 31.2 Å². The van der Waals surface area contributed by atoms with Crippen LogP contribution in [0.5, 0.6) is 0 Å². The number of thiophene rings is 1. The minimum atomic E-state index is -0.215. The van der Waals surface area contributed by atoms with Gasteiger partial charge in [-0.15, -0.1) is 11.3 Å². The lowest BCUT2D eigenvalue weighted by Crippen LogP contribution is -2.51. The molecule has 3 heterocycles. The van der Waals surface area contributed by atoms with Crippen molar-refractivity contribution in [3.63, 3.8) is 0 Å². The van der Waals surface area contributed by atoms with Crippen LogP contribution in [0.2, 0.25) is 0 Å². The molecule has 0 saturated carbocycles. The largest absolute Gasteiger partial charge is 0.353 e. The summed E-state index contributed by atoms with van der Waals surface area (Å²) in [5.74, 6) is 0.440. The average molecular weight is 369 g/mol.